The minimum atomic E-state index is -4.02. The predicted octanol–water partition coefficient (Wildman–Crippen LogP) is 2.63. The number of hydrogen-bond acceptors (Lipinski definition) is 3. The minimum absolute atomic E-state index is 0.154. The van der Waals surface area contributed by atoms with Crippen LogP contribution >= 0.6 is 0 Å². The number of carbonyl (C=O) groups is 1. The molecule has 0 aliphatic carbocycles. The van der Waals surface area contributed by atoms with Crippen molar-refractivity contribution in [3.8, 4) is 0 Å². The third kappa shape index (κ3) is 4.25. The van der Waals surface area contributed by atoms with Crippen LogP contribution in [-0.4, -0.2) is 25.5 Å². The monoisotopic (exact) mass is 317 g/mol. The van der Waals surface area contributed by atoms with E-state index in [1.54, 1.807) is 6.92 Å². The summed E-state index contributed by atoms with van der Waals surface area (Å²) >= 11 is 0. The zero-order chi connectivity index (χ0) is 16.2. The van der Waals surface area contributed by atoms with Crippen LogP contribution in [0.25, 0.3) is 0 Å². The molecule has 21 heavy (non-hydrogen) atoms. The summed E-state index contributed by atoms with van der Waals surface area (Å²) in [5.74, 6) is -2.23. The summed E-state index contributed by atoms with van der Waals surface area (Å²) in [5, 5.41) is 8.75. The van der Waals surface area contributed by atoms with E-state index in [0.29, 0.717) is 6.07 Å². The zero-order valence-electron chi connectivity index (χ0n) is 12.3. The van der Waals surface area contributed by atoms with E-state index >= 15 is 0 Å². The van der Waals surface area contributed by atoms with Crippen LogP contribution in [0.15, 0.2) is 23.1 Å². The van der Waals surface area contributed by atoms with Crippen LogP contribution in [0.3, 0.4) is 0 Å². The predicted molar refractivity (Wildman–Crippen MR) is 77.2 cm³/mol. The molecule has 0 amide bonds. The van der Waals surface area contributed by atoms with Gasteiger partial charge in [0, 0.05) is 6.04 Å². The van der Waals surface area contributed by atoms with Gasteiger partial charge in [-0.25, -0.2) is 22.3 Å². The van der Waals surface area contributed by atoms with Gasteiger partial charge in [0.05, 0.1) is 5.56 Å². The molecule has 1 unspecified atom stereocenters. The molecule has 118 valence electrons. The molecule has 0 aliphatic heterocycles. The molecule has 2 N–H and O–H groups in total. The van der Waals surface area contributed by atoms with Gasteiger partial charge in [-0.3, -0.25) is 0 Å². The molecule has 0 heterocycles. The number of carboxylic acid groups (broad SMARTS) is 1. The molecule has 1 rings (SSSR count). The Morgan fingerprint density at radius 2 is 1.90 bits per heavy atom. The standard InChI is InChI=1S/C14H20FNO4S/c1-4-10(5-2)9(3)16-21(19,20)13-7-6-11(14(17)18)8-12(13)15/h6-10,16H,4-5H2,1-3H3,(H,17,18). The fraction of sp³-hybridized carbons (Fsp3) is 0.500. The van der Waals surface area contributed by atoms with Gasteiger partial charge in [0.15, 0.2) is 0 Å². The summed E-state index contributed by atoms with van der Waals surface area (Å²) in [4.78, 5) is 10.2. The third-order valence-electron chi connectivity index (χ3n) is 3.57. The maximum Gasteiger partial charge on any atom is 0.335 e. The molecule has 7 heteroatoms. The van der Waals surface area contributed by atoms with E-state index in [9.17, 15) is 17.6 Å². The highest BCUT2D eigenvalue weighted by Gasteiger charge is 2.25. The quantitative estimate of drug-likeness (QED) is 0.810. The minimum Gasteiger partial charge on any atom is -0.478 e. The maximum atomic E-state index is 13.8. The first-order valence-corrected chi connectivity index (χ1v) is 8.26. The number of sulfonamides is 1. The molecule has 0 fully saturated rings. The van der Waals surface area contributed by atoms with E-state index < -0.39 is 26.7 Å². The molecule has 0 saturated carbocycles. The molecule has 5 nitrogen and oxygen atoms in total. The molecule has 0 bridgehead atoms. The second-order valence-electron chi connectivity index (χ2n) is 4.94. The molecule has 1 aromatic rings. The SMILES string of the molecule is CCC(CC)C(C)NS(=O)(=O)c1ccc(C(=O)O)cc1F. The Balaban J connectivity index is 3.06. The molecule has 0 aromatic heterocycles. The number of benzene rings is 1. The first-order chi connectivity index (χ1) is 9.72. The number of carboxylic acids is 1. The summed E-state index contributed by atoms with van der Waals surface area (Å²) in [6.45, 7) is 5.65. The molecule has 0 spiro atoms. The second-order valence-corrected chi connectivity index (χ2v) is 6.62. The largest absolute Gasteiger partial charge is 0.478 e. The Bertz CT molecular complexity index is 611. The number of halogens is 1. The van der Waals surface area contributed by atoms with E-state index in [0.717, 1.165) is 25.0 Å². The Morgan fingerprint density at radius 1 is 1.33 bits per heavy atom. The van der Waals surface area contributed by atoms with Crippen molar-refractivity contribution in [1.29, 1.82) is 0 Å². The average Bonchev–Trinajstić information content (AvgIpc) is 2.38. The van der Waals surface area contributed by atoms with Crippen molar-refractivity contribution in [2.45, 2.75) is 44.6 Å². The topological polar surface area (TPSA) is 83.5 Å². The highest BCUT2D eigenvalue weighted by Crippen LogP contribution is 2.19. The van der Waals surface area contributed by atoms with Crippen LogP contribution in [0.4, 0.5) is 4.39 Å². The average molecular weight is 317 g/mol. The van der Waals surface area contributed by atoms with Gasteiger partial charge in [0.2, 0.25) is 10.0 Å². The third-order valence-corrected chi connectivity index (χ3v) is 5.16. The van der Waals surface area contributed by atoms with Crippen molar-refractivity contribution in [3.05, 3.63) is 29.6 Å². The van der Waals surface area contributed by atoms with Gasteiger partial charge in [-0.05, 0) is 31.0 Å². The van der Waals surface area contributed by atoms with Crippen molar-refractivity contribution in [2.75, 3.05) is 0 Å². The van der Waals surface area contributed by atoms with Crippen LogP contribution in [0, 0.1) is 11.7 Å². The van der Waals surface area contributed by atoms with E-state index in [4.69, 9.17) is 5.11 Å². The van der Waals surface area contributed by atoms with E-state index in [1.807, 2.05) is 13.8 Å². The summed E-state index contributed by atoms with van der Waals surface area (Å²) in [5.41, 5.74) is -0.292. The van der Waals surface area contributed by atoms with Crippen LogP contribution in [0.1, 0.15) is 44.0 Å². The molecule has 0 saturated heterocycles. The lowest BCUT2D eigenvalue weighted by Crippen LogP contribution is -2.38. The molecule has 0 radical (unpaired) electrons. The van der Waals surface area contributed by atoms with Crippen molar-refractivity contribution in [2.24, 2.45) is 5.92 Å². The van der Waals surface area contributed by atoms with Gasteiger partial charge in [-0.15, -0.1) is 0 Å². The lowest BCUT2D eigenvalue weighted by Gasteiger charge is -2.22. The number of nitrogens with one attached hydrogen (secondary N) is 1. The van der Waals surface area contributed by atoms with Gasteiger partial charge < -0.3 is 5.11 Å². The lowest BCUT2D eigenvalue weighted by molar-refractivity contribution is 0.0696. The van der Waals surface area contributed by atoms with Gasteiger partial charge in [0.1, 0.15) is 10.7 Å². The fourth-order valence-corrected chi connectivity index (χ4v) is 3.62. The Hall–Kier alpha value is -1.47. The van der Waals surface area contributed by atoms with Crippen molar-refractivity contribution < 1.29 is 22.7 Å². The van der Waals surface area contributed by atoms with Crippen LogP contribution in [0.2, 0.25) is 0 Å². The summed E-state index contributed by atoms with van der Waals surface area (Å²) in [6.07, 6.45) is 1.61. The van der Waals surface area contributed by atoms with Gasteiger partial charge in [0.25, 0.3) is 0 Å². The van der Waals surface area contributed by atoms with Crippen molar-refractivity contribution >= 4 is 16.0 Å². The Morgan fingerprint density at radius 3 is 2.33 bits per heavy atom. The first-order valence-electron chi connectivity index (χ1n) is 6.78. The van der Waals surface area contributed by atoms with Crippen LogP contribution in [-0.2, 0) is 10.0 Å². The molecular formula is C14H20FNO4S. The van der Waals surface area contributed by atoms with Crippen LogP contribution in [0.5, 0.6) is 0 Å². The zero-order valence-corrected chi connectivity index (χ0v) is 13.1. The summed E-state index contributed by atoms with van der Waals surface area (Å²) in [7, 11) is -4.02. The van der Waals surface area contributed by atoms with E-state index in [-0.39, 0.29) is 17.5 Å². The molecule has 1 atom stereocenters. The van der Waals surface area contributed by atoms with E-state index in [2.05, 4.69) is 4.72 Å². The van der Waals surface area contributed by atoms with Crippen LogP contribution < -0.4 is 4.72 Å². The number of aromatic carboxylic acids is 1. The fourth-order valence-electron chi connectivity index (χ4n) is 2.25. The number of rotatable bonds is 7. The van der Waals surface area contributed by atoms with Crippen molar-refractivity contribution in [3.63, 3.8) is 0 Å². The van der Waals surface area contributed by atoms with Crippen molar-refractivity contribution in [1.82, 2.24) is 4.72 Å². The van der Waals surface area contributed by atoms with E-state index in [1.165, 1.54) is 0 Å². The number of hydrogen-bond donors (Lipinski definition) is 2. The maximum absolute atomic E-state index is 13.8. The molecular weight excluding hydrogens is 297 g/mol. The highest BCUT2D eigenvalue weighted by molar-refractivity contribution is 7.89. The normalized spacial score (nSPS) is 13.4. The first kappa shape index (κ1) is 17.6. The summed E-state index contributed by atoms with van der Waals surface area (Å²) < 4.78 is 40.7. The molecule has 1 aromatic carbocycles. The van der Waals surface area contributed by atoms with Gasteiger partial charge >= 0.3 is 5.97 Å². The van der Waals surface area contributed by atoms with Gasteiger partial charge in [-0.2, -0.15) is 0 Å². The lowest BCUT2D eigenvalue weighted by atomic mass is 9.96. The Kier molecular flexibility index (Phi) is 5.86. The second kappa shape index (κ2) is 7.00. The van der Waals surface area contributed by atoms with Gasteiger partial charge in [-0.1, -0.05) is 26.7 Å². The Labute approximate surface area is 124 Å². The highest BCUT2D eigenvalue weighted by atomic mass is 32.2. The molecule has 0 aliphatic rings. The summed E-state index contributed by atoms with van der Waals surface area (Å²) in [6, 6.07) is 2.42. The smallest absolute Gasteiger partial charge is 0.335 e.